The van der Waals surface area contributed by atoms with Crippen LogP contribution in [0.4, 0.5) is 0 Å². The number of hydrogen-bond acceptors (Lipinski definition) is 2. The number of Topliss-reactive ketones (excluding diaryl/α,β-unsaturated/α-hetero) is 1. The van der Waals surface area contributed by atoms with Crippen molar-refractivity contribution in [2.75, 3.05) is 13.1 Å². The Morgan fingerprint density at radius 3 is 2.81 bits per heavy atom. The number of hydrogen-bond donors (Lipinski definition) is 1. The smallest absolute Gasteiger partial charge is 0.183 e. The zero-order valence-electron chi connectivity index (χ0n) is 12.5. The van der Waals surface area contributed by atoms with Crippen LogP contribution >= 0.6 is 0 Å². The summed E-state index contributed by atoms with van der Waals surface area (Å²) in [6.45, 7) is 4.13. The lowest BCUT2D eigenvalue weighted by Crippen LogP contribution is -2.30. The van der Waals surface area contributed by atoms with Gasteiger partial charge in [0.15, 0.2) is 5.78 Å². The average Bonchev–Trinajstić information content (AvgIpc) is 2.98. The summed E-state index contributed by atoms with van der Waals surface area (Å²) in [5.41, 5.74) is 3.15. The molecule has 1 N–H and O–H groups in total. The van der Waals surface area contributed by atoms with Gasteiger partial charge in [0.2, 0.25) is 0 Å². The summed E-state index contributed by atoms with van der Waals surface area (Å²) in [4.78, 5) is 12.6. The van der Waals surface area contributed by atoms with E-state index in [0.717, 1.165) is 37.2 Å². The Hall–Kier alpha value is -1.87. The minimum atomic E-state index is 0.212. The van der Waals surface area contributed by atoms with E-state index in [1.165, 1.54) is 5.56 Å². The zero-order valence-corrected chi connectivity index (χ0v) is 12.5. The second kappa shape index (κ2) is 6.27. The van der Waals surface area contributed by atoms with Gasteiger partial charge in [0.25, 0.3) is 0 Å². The summed E-state index contributed by atoms with van der Waals surface area (Å²) < 4.78 is 2.18. The van der Waals surface area contributed by atoms with Gasteiger partial charge in [-0.25, -0.2) is 0 Å². The van der Waals surface area contributed by atoms with Crippen LogP contribution in [0.5, 0.6) is 0 Å². The van der Waals surface area contributed by atoms with E-state index < -0.39 is 0 Å². The van der Waals surface area contributed by atoms with E-state index in [1.54, 1.807) is 0 Å². The quantitative estimate of drug-likeness (QED) is 0.874. The third-order valence-electron chi connectivity index (χ3n) is 4.21. The van der Waals surface area contributed by atoms with E-state index in [2.05, 4.69) is 35.1 Å². The van der Waals surface area contributed by atoms with Crippen molar-refractivity contribution >= 4 is 5.78 Å². The maximum atomic E-state index is 12.6. The molecule has 0 bridgehead atoms. The van der Waals surface area contributed by atoms with Gasteiger partial charge in [0, 0.05) is 18.7 Å². The molecular weight excluding hydrogens is 260 g/mol. The second-order valence-corrected chi connectivity index (χ2v) is 5.87. The summed E-state index contributed by atoms with van der Waals surface area (Å²) in [5, 5.41) is 3.37. The van der Waals surface area contributed by atoms with Crippen molar-refractivity contribution in [3.05, 3.63) is 59.4 Å². The van der Waals surface area contributed by atoms with E-state index in [1.807, 2.05) is 24.3 Å². The Bertz CT molecular complexity index is 624. The molecule has 3 rings (SSSR count). The topological polar surface area (TPSA) is 34.0 Å². The van der Waals surface area contributed by atoms with Crippen LogP contribution in [0.15, 0.2) is 42.6 Å². The first kappa shape index (κ1) is 14.1. The highest BCUT2D eigenvalue weighted by Gasteiger charge is 2.19. The number of piperidine rings is 1. The van der Waals surface area contributed by atoms with Crippen LogP contribution < -0.4 is 5.32 Å². The molecule has 3 nitrogen and oxygen atoms in total. The van der Waals surface area contributed by atoms with Crippen molar-refractivity contribution in [1.29, 1.82) is 0 Å². The minimum Gasteiger partial charge on any atom is -0.342 e. The van der Waals surface area contributed by atoms with Crippen LogP contribution in [0.3, 0.4) is 0 Å². The number of ketones is 1. The van der Waals surface area contributed by atoms with Gasteiger partial charge < -0.3 is 9.88 Å². The monoisotopic (exact) mass is 282 g/mol. The van der Waals surface area contributed by atoms with Crippen molar-refractivity contribution in [3.63, 3.8) is 0 Å². The number of aromatic nitrogens is 1. The van der Waals surface area contributed by atoms with Crippen molar-refractivity contribution in [2.45, 2.75) is 32.2 Å². The standard InChI is InChI=1S/C18H22N2O/c1-14-4-2-5-15(12-14)13-18(21)17-6-3-11-20(17)16-7-9-19-10-8-16/h2-6,11-12,16,19H,7-10,13H2,1H3. The van der Waals surface area contributed by atoms with E-state index in [9.17, 15) is 4.79 Å². The minimum absolute atomic E-state index is 0.212. The lowest BCUT2D eigenvalue weighted by Gasteiger charge is -2.25. The Morgan fingerprint density at radius 2 is 2.05 bits per heavy atom. The molecule has 0 amide bonds. The number of carbonyl (C=O) groups is 1. The fraction of sp³-hybridized carbons (Fsp3) is 0.389. The molecule has 0 saturated carbocycles. The molecule has 0 spiro atoms. The van der Waals surface area contributed by atoms with Crippen molar-refractivity contribution < 1.29 is 4.79 Å². The number of carbonyl (C=O) groups excluding carboxylic acids is 1. The highest BCUT2D eigenvalue weighted by atomic mass is 16.1. The zero-order chi connectivity index (χ0) is 14.7. The van der Waals surface area contributed by atoms with Crippen LogP contribution in [-0.2, 0) is 6.42 Å². The largest absolute Gasteiger partial charge is 0.342 e. The maximum absolute atomic E-state index is 12.6. The van der Waals surface area contributed by atoms with Gasteiger partial charge in [-0.15, -0.1) is 0 Å². The highest BCUT2D eigenvalue weighted by Crippen LogP contribution is 2.22. The number of rotatable bonds is 4. The highest BCUT2D eigenvalue weighted by molar-refractivity contribution is 5.96. The van der Waals surface area contributed by atoms with Crippen LogP contribution in [0, 0.1) is 6.92 Å². The summed E-state index contributed by atoms with van der Waals surface area (Å²) in [6.07, 6.45) is 4.73. The fourth-order valence-corrected chi connectivity index (χ4v) is 3.13. The van der Waals surface area contributed by atoms with Crippen molar-refractivity contribution in [1.82, 2.24) is 9.88 Å². The summed E-state index contributed by atoms with van der Waals surface area (Å²) in [6, 6.07) is 12.6. The molecule has 110 valence electrons. The normalized spacial score (nSPS) is 16.0. The number of benzene rings is 1. The molecule has 3 heteroatoms. The molecule has 0 unspecified atom stereocenters. The first-order chi connectivity index (χ1) is 10.2. The molecule has 21 heavy (non-hydrogen) atoms. The van der Waals surface area contributed by atoms with Crippen molar-refractivity contribution in [3.8, 4) is 0 Å². The van der Waals surface area contributed by atoms with Gasteiger partial charge in [-0.05, 0) is 50.6 Å². The molecule has 1 aromatic heterocycles. The second-order valence-electron chi connectivity index (χ2n) is 5.87. The van der Waals surface area contributed by atoms with Gasteiger partial charge in [0.05, 0.1) is 5.69 Å². The molecule has 1 aliphatic rings. The summed E-state index contributed by atoms with van der Waals surface area (Å²) in [7, 11) is 0. The Morgan fingerprint density at radius 1 is 1.24 bits per heavy atom. The van der Waals surface area contributed by atoms with Crippen LogP contribution in [0.25, 0.3) is 0 Å². The molecule has 1 aliphatic heterocycles. The Kier molecular flexibility index (Phi) is 4.20. The molecule has 0 aliphatic carbocycles. The van der Waals surface area contributed by atoms with E-state index in [0.29, 0.717) is 12.5 Å². The van der Waals surface area contributed by atoms with E-state index in [4.69, 9.17) is 0 Å². The van der Waals surface area contributed by atoms with E-state index in [-0.39, 0.29) is 5.78 Å². The predicted molar refractivity (Wildman–Crippen MR) is 84.8 cm³/mol. The number of nitrogens with zero attached hydrogens (tertiary/aromatic N) is 1. The van der Waals surface area contributed by atoms with Gasteiger partial charge >= 0.3 is 0 Å². The van der Waals surface area contributed by atoms with Gasteiger partial charge in [-0.3, -0.25) is 4.79 Å². The van der Waals surface area contributed by atoms with Crippen LogP contribution in [-0.4, -0.2) is 23.4 Å². The van der Waals surface area contributed by atoms with Crippen LogP contribution in [0.2, 0.25) is 0 Å². The molecule has 2 heterocycles. The first-order valence-electron chi connectivity index (χ1n) is 7.70. The maximum Gasteiger partial charge on any atom is 0.183 e. The lowest BCUT2D eigenvalue weighted by molar-refractivity contribution is 0.0980. The molecule has 0 radical (unpaired) electrons. The lowest BCUT2D eigenvalue weighted by atomic mass is 10.0. The molecule has 1 saturated heterocycles. The number of aryl methyl sites for hydroxylation is 1. The predicted octanol–water partition coefficient (Wildman–Crippen LogP) is 3.15. The molecule has 1 aromatic carbocycles. The van der Waals surface area contributed by atoms with E-state index >= 15 is 0 Å². The molecule has 0 atom stereocenters. The van der Waals surface area contributed by atoms with Gasteiger partial charge in [0.1, 0.15) is 0 Å². The van der Waals surface area contributed by atoms with Gasteiger partial charge in [-0.1, -0.05) is 29.8 Å². The molecular formula is C18H22N2O. The Balaban J connectivity index is 1.77. The Labute approximate surface area is 126 Å². The molecule has 2 aromatic rings. The number of nitrogens with one attached hydrogen (secondary N) is 1. The fourth-order valence-electron chi connectivity index (χ4n) is 3.13. The third-order valence-corrected chi connectivity index (χ3v) is 4.21. The first-order valence-corrected chi connectivity index (χ1v) is 7.70. The summed E-state index contributed by atoms with van der Waals surface area (Å²) >= 11 is 0. The third kappa shape index (κ3) is 3.24. The van der Waals surface area contributed by atoms with Crippen molar-refractivity contribution in [2.24, 2.45) is 0 Å². The van der Waals surface area contributed by atoms with Crippen LogP contribution in [0.1, 0.15) is 40.5 Å². The van der Waals surface area contributed by atoms with Gasteiger partial charge in [-0.2, -0.15) is 0 Å². The molecule has 1 fully saturated rings. The SMILES string of the molecule is Cc1cccc(CC(=O)c2cccn2C2CCNCC2)c1. The summed E-state index contributed by atoms with van der Waals surface area (Å²) in [5.74, 6) is 0.212. The average molecular weight is 282 g/mol.